The molecule has 3 N–H and O–H groups in total. The van der Waals surface area contributed by atoms with Crippen LogP contribution in [-0.4, -0.2) is 16.7 Å². The fraction of sp³-hybridized carbons (Fsp3) is 1.00. The highest BCUT2D eigenvalue weighted by molar-refractivity contribution is 4.84. The zero-order chi connectivity index (χ0) is 8.32. The van der Waals surface area contributed by atoms with Gasteiger partial charge in [-0.1, -0.05) is 19.3 Å². The Balaban J connectivity index is 2.37. The minimum Gasteiger partial charge on any atom is -0.390 e. The third kappa shape index (κ3) is 2.80. The standard InChI is InChI=1S/C9H19NO/c1-8(10)7-9(11)5-3-2-4-6-9/h8,11H,2-7,10H2,1H3/t8-/m1/s1. The Hall–Kier alpha value is -0.0800. The second-order valence-electron chi connectivity index (χ2n) is 3.97. The molecule has 0 unspecified atom stereocenters. The number of aliphatic hydroxyl groups is 1. The zero-order valence-corrected chi connectivity index (χ0v) is 7.34. The lowest BCUT2D eigenvalue weighted by Crippen LogP contribution is -2.37. The van der Waals surface area contributed by atoms with Crippen molar-refractivity contribution in [3.05, 3.63) is 0 Å². The van der Waals surface area contributed by atoms with Crippen LogP contribution in [0, 0.1) is 0 Å². The van der Waals surface area contributed by atoms with E-state index in [1.807, 2.05) is 6.92 Å². The molecule has 0 aromatic rings. The molecule has 0 heterocycles. The molecule has 0 aliphatic heterocycles. The molecule has 1 saturated carbocycles. The molecule has 66 valence electrons. The van der Waals surface area contributed by atoms with E-state index in [9.17, 15) is 5.11 Å². The average molecular weight is 157 g/mol. The van der Waals surface area contributed by atoms with E-state index in [2.05, 4.69) is 0 Å². The van der Waals surface area contributed by atoms with Gasteiger partial charge in [0.15, 0.2) is 0 Å². The van der Waals surface area contributed by atoms with Crippen LogP contribution in [0.4, 0.5) is 0 Å². The average Bonchev–Trinajstić information content (AvgIpc) is 1.85. The summed E-state index contributed by atoms with van der Waals surface area (Å²) >= 11 is 0. The summed E-state index contributed by atoms with van der Waals surface area (Å²) < 4.78 is 0. The lowest BCUT2D eigenvalue weighted by molar-refractivity contribution is -0.00787. The SMILES string of the molecule is C[C@@H](N)CC1(O)CCCCC1. The lowest BCUT2D eigenvalue weighted by Gasteiger charge is -2.33. The first kappa shape index (κ1) is 9.01. The van der Waals surface area contributed by atoms with Crippen molar-refractivity contribution >= 4 is 0 Å². The molecule has 11 heavy (non-hydrogen) atoms. The Bertz CT molecular complexity index is 117. The van der Waals surface area contributed by atoms with Crippen LogP contribution in [0.5, 0.6) is 0 Å². The van der Waals surface area contributed by atoms with Gasteiger partial charge in [0, 0.05) is 6.04 Å². The third-order valence-electron chi connectivity index (χ3n) is 2.49. The Morgan fingerprint density at radius 2 is 1.91 bits per heavy atom. The highest BCUT2D eigenvalue weighted by atomic mass is 16.3. The Labute approximate surface area is 68.8 Å². The van der Waals surface area contributed by atoms with Crippen LogP contribution in [0.2, 0.25) is 0 Å². The van der Waals surface area contributed by atoms with Crippen LogP contribution < -0.4 is 5.73 Å². The predicted molar refractivity (Wildman–Crippen MR) is 46.3 cm³/mol. The minimum atomic E-state index is -0.424. The lowest BCUT2D eigenvalue weighted by atomic mass is 9.81. The van der Waals surface area contributed by atoms with Gasteiger partial charge in [-0.15, -0.1) is 0 Å². The number of hydrogen-bond donors (Lipinski definition) is 2. The van der Waals surface area contributed by atoms with Gasteiger partial charge in [0.25, 0.3) is 0 Å². The second kappa shape index (κ2) is 3.55. The maximum Gasteiger partial charge on any atom is 0.0662 e. The molecular formula is C9H19NO. The van der Waals surface area contributed by atoms with Crippen molar-refractivity contribution in [2.75, 3.05) is 0 Å². The number of hydrogen-bond acceptors (Lipinski definition) is 2. The molecule has 0 aromatic heterocycles. The van der Waals surface area contributed by atoms with E-state index in [0.29, 0.717) is 0 Å². The molecule has 0 radical (unpaired) electrons. The smallest absolute Gasteiger partial charge is 0.0662 e. The van der Waals surface area contributed by atoms with E-state index >= 15 is 0 Å². The molecule has 1 aliphatic carbocycles. The molecule has 2 heteroatoms. The highest BCUT2D eigenvalue weighted by Crippen LogP contribution is 2.31. The third-order valence-corrected chi connectivity index (χ3v) is 2.49. The van der Waals surface area contributed by atoms with Crippen LogP contribution >= 0.6 is 0 Å². The Kier molecular flexibility index (Phi) is 2.90. The van der Waals surface area contributed by atoms with Gasteiger partial charge in [-0.2, -0.15) is 0 Å². The monoisotopic (exact) mass is 157 g/mol. The summed E-state index contributed by atoms with van der Waals surface area (Å²) in [5, 5.41) is 9.96. The molecule has 1 rings (SSSR count). The van der Waals surface area contributed by atoms with Crippen molar-refractivity contribution in [2.45, 2.75) is 57.1 Å². The van der Waals surface area contributed by atoms with E-state index in [1.54, 1.807) is 0 Å². The van der Waals surface area contributed by atoms with Gasteiger partial charge in [0.2, 0.25) is 0 Å². The van der Waals surface area contributed by atoms with E-state index in [0.717, 1.165) is 19.3 Å². The van der Waals surface area contributed by atoms with Crippen LogP contribution in [0.3, 0.4) is 0 Å². The molecule has 0 amide bonds. The van der Waals surface area contributed by atoms with E-state index in [4.69, 9.17) is 5.73 Å². The van der Waals surface area contributed by atoms with E-state index in [-0.39, 0.29) is 6.04 Å². The fourth-order valence-corrected chi connectivity index (χ4v) is 2.01. The van der Waals surface area contributed by atoms with Gasteiger partial charge in [-0.25, -0.2) is 0 Å². The summed E-state index contributed by atoms with van der Waals surface area (Å²) in [5.41, 5.74) is 5.22. The Morgan fingerprint density at radius 3 is 2.36 bits per heavy atom. The molecule has 0 saturated heterocycles. The molecule has 1 aliphatic rings. The van der Waals surface area contributed by atoms with E-state index in [1.165, 1.54) is 19.3 Å². The zero-order valence-electron chi connectivity index (χ0n) is 7.34. The van der Waals surface area contributed by atoms with Crippen molar-refractivity contribution in [2.24, 2.45) is 5.73 Å². The van der Waals surface area contributed by atoms with E-state index < -0.39 is 5.60 Å². The maximum absolute atomic E-state index is 9.96. The van der Waals surface area contributed by atoms with Crippen molar-refractivity contribution < 1.29 is 5.11 Å². The van der Waals surface area contributed by atoms with Crippen molar-refractivity contribution in [3.8, 4) is 0 Å². The largest absolute Gasteiger partial charge is 0.390 e. The van der Waals surface area contributed by atoms with Gasteiger partial charge in [0.1, 0.15) is 0 Å². The summed E-state index contributed by atoms with van der Waals surface area (Å²) in [4.78, 5) is 0. The highest BCUT2D eigenvalue weighted by Gasteiger charge is 2.29. The second-order valence-corrected chi connectivity index (χ2v) is 3.97. The minimum absolute atomic E-state index is 0.137. The van der Waals surface area contributed by atoms with Gasteiger partial charge >= 0.3 is 0 Å². The molecular weight excluding hydrogens is 138 g/mol. The van der Waals surface area contributed by atoms with Crippen LogP contribution in [-0.2, 0) is 0 Å². The number of rotatable bonds is 2. The van der Waals surface area contributed by atoms with Crippen LogP contribution in [0.15, 0.2) is 0 Å². The van der Waals surface area contributed by atoms with Crippen LogP contribution in [0.25, 0.3) is 0 Å². The van der Waals surface area contributed by atoms with Crippen LogP contribution in [0.1, 0.15) is 45.4 Å². The molecule has 0 bridgehead atoms. The summed E-state index contributed by atoms with van der Waals surface area (Å²) in [6.07, 6.45) is 6.30. The van der Waals surface area contributed by atoms with Crippen molar-refractivity contribution in [3.63, 3.8) is 0 Å². The molecule has 0 spiro atoms. The summed E-state index contributed by atoms with van der Waals surface area (Å²) in [5.74, 6) is 0. The van der Waals surface area contributed by atoms with Gasteiger partial charge in [-0.3, -0.25) is 0 Å². The van der Waals surface area contributed by atoms with Crippen molar-refractivity contribution in [1.82, 2.24) is 0 Å². The normalized spacial score (nSPS) is 26.5. The molecule has 2 nitrogen and oxygen atoms in total. The topological polar surface area (TPSA) is 46.2 Å². The Morgan fingerprint density at radius 1 is 1.36 bits per heavy atom. The number of nitrogens with two attached hydrogens (primary N) is 1. The first-order chi connectivity index (χ1) is 5.12. The predicted octanol–water partition coefficient (Wildman–Crippen LogP) is 1.42. The summed E-state index contributed by atoms with van der Waals surface area (Å²) in [6, 6.07) is 0.137. The quantitative estimate of drug-likeness (QED) is 0.636. The fourth-order valence-electron chi connectivity index (χ4n) is 2.01. The summed E-state index contributed by atoms with van der Waals surface area (Å²) in [6.45, 7) is 1.96. The van der Waals surface area contributed by atoms with Gasteiger partial charge in [-0.05, 0) is 26.2 Å². The molecule has 0 aromatic carbocycles. The van der Waals surface area contributed by atoms with Gasteiger partial charge < -0.3 is 10.8 Å². The first-order valence-electron chi connectivity index (χ1n) is 4.60. The summed E-state index contributed by atoms with van der Waals surface area (Å²) in [7, 11) is 0. The molecule has 1 atom stereocenters. The maximum atomic E-state index is 9.96. The molecule has 1 fully saturated rings. The van der Waals surface area contributed by atoms with Gasteiger partial charge in [0.05, 0.1) is 5.60 Å². The van der Waals surface area contributed by atoms with Crippen molar-refractivity contribution in [1.29, 1.82) is 0 Å². The first-order valence-corrected chi connectivity index (χ1v) is 4.60.